The number of phenols is 1. The van der Waals surface area contributed by atoms with E-state index in [1.54, 1.807) is 36.4 Å². The number of rotatable bonds is 6. The van der Waals surface area contributed by atoms with Gasteiger partial charge < -0.3 is 15.2 Å². The van der Waals surface area contributed by atoms with E-state index in [-0.39, 0.29) is 29.9 Å². The van der Waals surface area contributed by atoms with E-state index in [2.05, 4.69) is 15.5 Å². The Morgan fingerprint density at radius 2 is 1.76 bits per heavy atom. The number of ether oxygens (including phenoxy) is 1. The van der Waals surface area contributed by atoms with E-state index in [1.165, 1.54) is 12.1 Å². The van der Waals surface area contributed by atoms with Crippen LogP contribution in [0.2, 0.25) is 0 Å². The van der Waals surface area contributed by atoms with Gasteiger partial charge in [0.25, 0.3) is 5.91 Å². The van der Waals surface area contributed by atoms with Crippen molar-refractivity contribution >= 4 is 23.3 Å². The molecule has 0 aliphatic heterocycles. The highest BCUT2D eigenvalue weighted by molar-refractivity contribution is 5.96. The predicted octanol–water partition coefficient (Wildman–Crippen LogP) is 3.49. The zero-order valence-corrected chi connectivity index (χ0v) is 14.0. The molecule has 1 amide bonds. The third-order valence-corrected chi connectivity index (χ3v) is 3.03. The predicted molar refractivity (Wildman–Crippen MR) is 92.3 cm³/mol. The van der Waals surface area contributed by atoms with Crippen LogP contribution in [0.4, 0.5) is 11.4 Å². The maximum atomic E-state index is 12.2. The number of hydrogen-bond donors (Lipinski definition) is 2. The molecule has 7 heteroatoms. The summed E-state index contributed by atoms with van der Waals surface area (Å²) >= 11 is 0. The molecule has 130 valence electrons. The highest BCUT2D eigenvalue weighted by Crippen LogP contribution is 2.24. The quantitative estimate of drug-likeness (QED) is 0.620. The lowest BCUT2D eigenvalue weighted by Crippen LogP contribution is -2.33. The van der Waals surface area contributed by atoms with Gasteiger partial charge in [-0.2, -0.15) is 5.11 Å². The number of carbonyl (C=O) groups is 2. The minimum Gasteiger partial charge on any atom is -0.508 e. The molecule has 0 aliphatic carbocycles. The van der Waals surface area contributed by atoms with Gasteiger partial charge in [0.2, 0.25) is 0 Å². The molecule has 0 fully saturated rings. The first-order valence-corrected chi connectivity index (χ1v) is 7.72. The van der Waals surface area contributed by atoms with Crippen molar-refractivity contribution in [1.29, 1.82) is 0 Å². The molecule has 25 heavy (non-hydrogen) atoms. The molecule has 2 aromatic rings. The van der Waals surface area contributed by atoms with Crippen LogP contribution in [0.3, 0.4) is 0 Å². The molecule has 0 saturated heterocycles. The van der Waals surface area contributed by atoms with Crippen LogP contribution in [0.25, 0.3) is 0 Å². The summed E-state index contributed by atoms with van der Waals surface area (Å²) in [5, 5.41) is 20.0. The van der Waals surface area contributed by atoms with Crippen molar-refractivity contribution in [2.24, 2.45) is 10.2 Å². The molecule has 0 heterocycles. The Balaban J connectivity index is 2.07. The summed E-state index contributed by atoms with van der Waals surface area (Å²) in [5.41, 5.74) is 1.06. The molecule has 7 nitrogen and oxygen atoms in total. The maximum Gasteiger partial charge on any atom is 0.340 e. The first-order valence-electron chi connectivity index (χ1n) is 7.72. The molecule has 0 aliphatic rings. The standard InChI is InChI=1S/C18H19N3O4/c1-12(2)19-17(23)11-25-18(24)15-5-3-4-6-16(15)21-20-13-7-9-14(22)10-8-13/h3-10,12,22H,11H2,1-2H3,(H,19,23). The second-order valence-corrected chi connectivity index (χ2v) is 5.53. The fraction of sp³-hybridized carbons (Fsp3) is 0.222. The van der Waals surface area contributed by atoms with Crippen molar-refractivity contribution in [3.05, 3.63) is 54.1 Å². The Bertz CT molecular complexity index is 770. The number of carbonyl (C=O) groups excluding carboxylic acids is 2. The number of benzene rings is 2. The van der Waals surface area contributed by atoms with Crippen LogP contribution in [-0.2, 0) is 9.53 Å². The topological polar surface area (TPSA) is 100 Å². The summed E-state index contributed by atoms with van der Waals surface area (Å²) < 4.78 is 5.01. The van der Waals surface area contributed by atoms with E-state index in [0.717, 1.165) is 0 Å². The van der Waals surface area contributed by atoms with E-state index in [4.69, 9.17) is 4.74 Å². The van der Waals surface area contributed by atoms with Crippen LogP contribution in [0.15, 0.2) is 58.8 Å². The summed E-state index contributed by atoms with van der Waals surface area (Å²) in [6, 6.07) is 12.7. The number of amides is 1. The van der Waals surface area contributed by atoms with Gasteiger partial charge in [-0.1, -0.05) is 12.1 Å². The molecular formula is C18H19N3O4. The second kappa shape index (κ2) is 8.58. The summed E-state index contributed by atoms with van der Waals surface area (Å²) in [4.78, 5) is 23.7. The fourth-order valence-electron chi connectivity index (χ4n) is 1.94. The molecule has 0 saturated carbocycles. The Morgan fingerprint density at radius 3 is 2.44 bits per heavy atom. The molecule has 0 bridgehead atoms. The number of nitrogens with one attached hydrogen (secondary N) is 1. The van der Waals surface area contributed by atoms with Crippen molar-refractivity contribution in [2.45, 2.75) is 19.9 Å². The highest BCUT2D eigenvalue weighted by atomic mass is 16.5. The highest BCUT2D eigenvalue weighted by Gasteiger charge is 2.14. The summed E-state index contributed by atoms with van der Waals surface area (Å²) in [7, 11) is 0. The molecule has 2 aromatic carbocycles. The Kier molecular flexibility index (Phi) is 6.22. The lowest BCUT2D eigenvalue weighted by Gasteiger charge is -2.09. The second-order valence-electron chi connectivity index (χ2n) is 5.53. The van der Waals surface area contributed by atoms with Gasteiger partial charge in [-0.05, 0) is 50.2 Å². The first-order chi connectivity index (χ1) is 12.0. The van der Waals surface area contributed by atoms with Crippen molar-refractivity contribution in [3.8, 4) is 5.75 Å². The number of azo groups is 1. The Morgan fingerprint density at radius 1 is 1.08 bits per heavy atom. The zero-order chi connectivity index (χ0) is 18.2. The largest absolute Gasteiger partial charge is 0.508 e. The molecule has 0 aromatic heterocycles. The van der Waals surface area contributed by atoms with Gasteiger partial charge >= 0.3 is 5.97 Å². The van der Waals surface area contributed by atoms with Gasteiger partial charge in [-0.3, -0.25) is 4.79 Å². The number of esters is 1. The zero-order valence-electron chi connectivity index (χ0n) is 14.0. The maximum absolute atomic E-state index is 12.2. The van der Waals surface area contributed by atoms with E-state index >= 15 is 0 Å². The number of hydrogen-bond acceptors (Lipinski definition) is 6. The monoisotopic (exact) mass is 341 g/mol. The van der Waals surface area contributed by atoms with Crippen molar-refractivity contribution in [1.82, 2.24) is 5.32 Å². The molecular weight excluding hydrogens is 322 g/mol. The van der Waals surface area contributed by atoms with Gasteiger partial charge in [0.05, 0.1) is 11.3 Å². The molecule has 0 atom stereocenters. The van der Waals surface area contributed by atoms with Crippen LogP contribution in [-0.4, -0.2) is 29.6 Å². The van der Waals surface area contributed by atoms with Crippen LogP contribution < -0.4 is 5.32 Å². The average molecular weight is 341 g/mol. The van der Waals surface area contributed by atoms with E-state index in [0.29, 0.717) is 11.4 Å². The number of nitrogens with zero attached hydrogens (tertiary/aromatic N) is 2. The van der Waals surface area contributed by atoms with Gasteiger partial charge in [0.15, 0.2) is 6.61 Å². The minimum atomic E-state index is -0.654. The third kappa shape index (κ3) is 5.72. The third-order valence-electron chi connectivity index (χ3n) is 3.03. The van der Waals surface area contributed by atoms with Crippen molar-refractivity contribution in [2.75, 3.05) is 6.61 Å². The smallest absolute Gasteiger partial charge is 0.340 e. The molecule has 0 unspecified atom stereocenters. The average Bonchev–Trinajstić information content (AvgIpc) is 2.59. The number of phenolic OH excluding ortho intramolecular Hbond substituents is 1. The summed E-state index contributed by atoms with van der Waals surface area (Å²) in [6.45, 7) is 3.28. The van der Waals surface area contributed by atoms with Crippen LogP contribution in [0.1, 0.15) is 24.2 Å². The van der Waals surface area contributed by atoms with Crippen LogP contribution in [0, 0.1) is 0 Å². The SMILES string of the molecule is CC(C)NC(=O)COC(=O)c1ccccc1N=Nc1ccc(O)cc1. The lowest BCUT2D eigenvalue weighted by atomic mass is 10.2. The Labute approximate surface area is 145 Å². The van der Waals surface area contributed by atoms with E-state index in [1.807, 2.05) is 13.8 Å². The van der Waals surface area contributed by atoms with Crippen LogP contribution in [0.5, 0.6) is 5.75 Å². The molecule has 2 rings (SSSR count). The minimum absolute atomic E-state index is 0.0300. The summed E-state index contributed by atoms with van der Waals surface area (Å²) in [5.74, 6) is -0.895. The van der Waals surface area contributed by atoms with Crippen molar-refractivity contribution < 1.29 is 19.4 Å². The first kappa shape index (κ1) is 18.1. The van der Waals surface area contributed by atoms with Gasteiger partial charge in [0, 0.05) is 6.04 Å². The Hall–Kier alpha value is -3.22. The van der Waals surface area contributed by atoms with Gasteiger partial charge in [0.1, 0.15) is 11.4 Å². The molecule has 2 N–H and O–H groups in total. The van der Waals surface area contributed by atoms with E-state index in [9.17, 15) is 14.7 Å². The lowest BCUT2D eigenvalue weighted by molar-refractivity contribution is -0.124. The molecule has 0 spiro atoms. The fourth-order valence-corrected chi connectivity index (χ4v) is 1.94. The molecule has 0 radical (unpaired) electrons. The van der Waals surface area contributed by atoms with Crippen LogP contribution >= 0.6 is 0 Å². The van der Waals surface area contributed by atoms with Gasteiger partial charge in [-0.15, -0.1) is 5.11 Å². The van der Waals surface area contributed by atoms with Gasteiger partial charge in [-0.25, -0.2) is 4.79 Å². The number of aromatic hydroxyl groups is 1. The summed E-state index contributed by atoms with van der Waals surface area (Å²) in [6.07, 6.45) is 0. The van der Waals surface area contributed by atoms with E-state index < -0.39 is 5.97 Å². The normalized spacial score (nSPS) is 10.8. The van der Waals surface area contributed by atoms with Crippen molar-refractivity contribution in [3.63, 3.8) is 0 Å².